The number of benzene rings is 1. The molecule has 1 N–H and O–H groups in total. The fourth-order valence-corrected chi connectivity index (χ4v) is 5.69. The second-order valence-electron chi connectivity index (χ2n) is 10.9. The van der Waals surface area contributed by atoms with Crippen molar-refractivity contribution < 1.29 is 24.2 Å². The lowest BCUT2D eigenvalue weighted by Gasteiger charge is -2.43. The number of fused-ring (bicyclic) bond motifs is 1. The van der Waals surface area contributed by atoms with Crippen LogP contribution in [-0.2, 0) is 22.6 Å². The van der Waals surface area contributed by atoms with Crippen LogP contribution < -0.4 is 0 Å². The lowest BCUT2D eigenvalue weighted by atomic mass is 9.91. The van der Waals surface area contributed by atoms with Gasteiger partial charge < -0.3 is 33.7 Å². The number of morpholine rings is 1. The van der Waals surface area contributed by atoms with E-state index in [1.165, 1.54) is 4.90 Å². The summed E-state index contributed by atoms with van der Waals surface area (Å²) >= 11 is 0. The number of aryl methyl sites for hydroxylation is 2. The lowest BCUT2D eigenvalue weighted by molar-refractivity contribution is -0.142. The molecule has 0 aliphatic carbocycles. The van der Waals surface area contributed by atoms with Gasteiger partial charge in [-0.15, -0.1) is 0 Å². The van der Waals surface area contributed by atoms with Crippen molar-refractivity contribution in [3.63, 3.8) is 0 Å². The predicted octanol–water partition coefficient (Wildman–Crippen LogP) is 2.26. The van der Waals surface area contributed by atoms with Crippen LogP contribution in [0.5, 0.6) is 0 Å². The van der Waals surface area contributed by atoms with Gasteiger partial charge in [-0.05, 0) is 24.5 Å². The zero-order valence-electron chi connectivity index (χ0n) is 23.1. The number of likely N-dealkylation sites (tertiary alicyclic amines) is 1. The van der Waals surface area contributed by atoms with E-state index in [-0.39, 0.29) is 30.8 Å². The SMILES string of the molecule is CC(C)CN(C(=O)c1nc2ccccc2n1CCn1ccnc1)[C@H]1C[C@@H](C(=O)N2CCOCC2)CN(C(=O)O)C1. The maximum absolute atomic E-state index is 14.3. The number of para-hydroxylation sites is 2. The van der Waals surface area contributed by atoms with Crippen molar-refractivity contribution in [1.29, 1.82) is 0 Å². The van der Waals surface area contributed by atoms with E-state index >= 15 is 0 Å². The van der Waals surface area contributed by atoms with Crippen LogP contribution in [0, 0.1) is 11.8 Å². The number of carbonyl (C=O) groups excluding carboxylic acids is 2. The molecule has 2 aliphatic heterocycles. The lowest BCUT2D eigenvalue weighted by Crippen LogP contribution is -2.58. The molecule has 2 atom stereocenters. The minimum atomic E-state index is -1.09. The molecule has 12 heteroatoms. The first-order chi connectivity index (χ1) is 19.3. The minimum Gasteiger partial charge on any atom is -0.465 e. The van der Waals surface area contributed by atoms with Crippen molar-refractivity contribution in [2.45, 2.75) is 39.4 Å². The van der Waals surface area contributed by atoms with Crippen LogP contribution in [0.3, 0.4) is 0 Å². The van der Waals surface area contributed by atoms with Crippen LogP contribution >= 0.6 is 0 Å². The molecule has 4 heterocycles. The number of hydrogen-bond donors (Lipinski definition) is 1. The average molecular weight is 552 g/mol. The Kier molecular flexibility index (Phi) is 8.34. The zero-order chi connectivity index (χ0) is 28.2. The number of rotatable bonds is 8. The largest absolute Gasteiger partial charge is 0.465 e. The molecule has 0 bridgehead atoms. The maximum atomic E-state index is 14.3. The van der Waals surface area contributed by atoms with Crippen molar-refractivity contribution >= 4 is 28.9 Å². The van der Waals surface area contributed by atoms with E-state index in [1.807, 2.05) is 53.4 Å². The van der Waals surface area contributed by atoms with Gasteiger partial charge in [-0.25, -0.2) is 14.8 Å². The van der Waals surface area contributed by atoms with E-state index in [0.29, 0.717) is 58.2 Å². The second-order valence-corrected chi connectivity index (χ2v) is 10.9. The fourth-order valence-electron chi connectivity index (χ4n) is 5.69. The minimum absolute atomic E-state index is 0.0798. The highest BCUT2D eigenvalue weighted by Gasteiger charge is 2.40. The molecule has 12 nitrogen and oxygen atoms in total. The average Bonchev–Trinajstić information content (AvgIpc) is 3.62. The van der Waals surface area contributed by atoms with Gasteiger partial charge in [0.05, 0.1) is 42.5 Å². The standard InChI is InChI=1S/C28H37N7O5/c1-20(2)16-35(22-15-21(17-33(18-22)28(38)39)26(36)32-11-13-40-14-12-32)27(37)25-30-23-5-3-4-6-24(23)34(25)10-9-31-8-7-29-19-31/h3-8,19-22H,9-18H2,1-2H3,(H,38,39)/t21-,22+/m1/s1. The van der Waals surface area contributed by atoms with Crippen molar-refractivity contribution in [3.8, 4) is 0 Å². The Morgan fingerprint density at radius 3 is 2.58 bits per heavy atom. The van der Waals surface area contributed by atoms with Crippen LogP contribution in [0.1, 0.15) is 30.9 Å². The maximum Gasteiger partial charge on any atom is 0.407 e. The van der Waals surface area contributed by atoms with Crippen molar-refractivity contribution in [3.05, 3.63) is 48.8 Å². The van der Waals surface area contributed by atoms with Gasteiger partial charge >= 0.3 is 6.09 Å². The Morgan fingerprint density at radius 2 is 1.88 bits per heavy atom. The molecule has 3 amide bonds. The van der Waals surface area contributed by atoms with Crippen LogP contribution in [0.4, 0.5) is 4.79 Å². The first-order valence-corrected chi connectivity index (χ1v) is 13.9. The number of nitrogens with zero attached hydrogens (tertiary/aromatic N) is 7. The molecule has 0 radical (unpaired) electrons. The summed E-state index contributed by atoms with van der Waals surface area (Å²) in [5, 5.41) is 9.94. The predicted molar refractivity (Wildman–Crippen MR) is 147 cm³/mol. The molecule has 2 aromatic heterocycles. The summed E-state index contributed by atoms with van der Waals surface area (Å²) in [6, 6.07) is 7.19. The molecule has 2 aliphatic rings. The fraction of sp³-hybridized carbons (Fsp3) is 0.536. The smallest absolute Gasteiger partial charge is 0.407 e. The highest BCUT2D eigenvalue weighted by molar-refractivity contribution is 5.95. The van der Waals surface area contributed by atoms with Gasteiger partial charge in [-0.2, -0.15) is 0 Å². The monoisotopic (exact) mass is 551 g/mol. The quantitative estimate of drug-likeness (QED) is 0.455. The molecule has 214 valence electrons. The highest BCUT2D eigenvalue weighted by atomic mass is 16.5. The Hall–Kier alpha value is -3.93. The topological polar surface area (TPSA) is 126 Å². The number of ether oxygens (including phenoxy) is 1. The second kappa shape index (κ2) is 12.1. The summed E-state index contributed by atoms with van der Waals surface area (Å²) in [4.78, 5) is 53.6. The summed E-state index contributed by atoms with van der Waals surface area (Å²) in [6.45, 7) is 7.77. The van der Waals surface area contributed by atoms with Crippen molar-refractivity contribution in [2.24, 2.45) is 11.8 Å². The molecule has 0 spiro atoms. The van der Waals surface area contributed by atoms with Gasteiger partial charge in [0.15, 0.2) is 5.82 Å². The first-order valence-electron chi connectivity index (χ1n) is 13.9. The Morgan fingerprint density at radius 1 is 1.10 bits per heavy atom. The van der Waals surface area contributed by atoms with E-state index in [2.05, 4.69) is 4.98 Å². The Labute approximate surface area is 233 Å². The summed E-state index contributed by atoms with van der Waals surface area (Å²) in [5.41, 5.74) is 1.57. The molecule has 3 aromatic rings. The summed E-state index contributed by atoms with van der Waals surface area (Å²) in [6.07, 6.45) is 4.63. The molecule has 2 saturated heterocycles. The normalized spacial score (nSPS) is 19.8. The summed E-state index contributed by atoms with van der Waals surface area (Å²) < 4.78 is 9.27. The van der Waals surface area contributed by atoms with Gasteiger partial charge in [0.2, 0.25) is 5.91 Å². The summed E-state index contributed by atoms with van der Waals surface area (Å²) in [5.74, 6) is -0.434. The van der Waals surface area contributed by atoms with E-state index in [4.69, 9.17) is 9.72 Å². The van der Waals surface area contributed by atoms with E-state index < -0.39 is 18.1 Å². The first kappa shape index (κ1) is 27.6. The van der Waals surface area contributed by atoms with Gasteiger partial charge in [0, 0.05) is 58.2 Å². The number of amides is 3. The molecule has 0 unspecified atom stereocenters. The zero-order valence-corrected chi connectivity index (χ0v) is 23.1. The third kappa shape index (κ3) is 5.96. The van der Waals surface area contributed by atoms with Gasteiger partial charge in [-0.3, -0.25) is 9.59 Å². The summed E-state index contributed by atoms with van der Waals surface area (Å²) in [7, 11) is 0. The highest BCUT2D eigenvalue weighted by Crippen LogP contribution is 2.27. The van der Waals surface area contributed by atoms with Crippen LogP contribution in [0.2, 0.25) is 0 Å². The molecular weight excluding hydrogens is 514 g/mol. The van der Waals surface area contributed by atoms with Crippen LogP contribution in [0.25, 0.3) is 11.0 Å². The van der Waals surface area contributed by atoms with Gasteiger partial charge in [0.1, 0.15) is 0 Å². The number of hydrogen-bond acceptors (Lipinski definition) is 6. The number of piperidine rings is 1. The van der Waals surface area contributed by atoms with E-state index in [1.54, 1.807) is 22.3 Å². The van der Waals surface area contributed by atoms with Gasteiger partial charge in [-0.1, -0.05) is 26.0 Å². The molecular formula is C28H37N7O5. The Bertz CT molecular complexity index is 1330. The Balaban J connectivity index is 1.46. The molecule has 0 saturated carbocycles. The number of carboxylic acid groups (broad SMARTS) is 1. The van der Waals surface area contributed by atoms with Crippen LogP contribution in [0.15, 0.2) is 43.0 Å². The molecule has 2 fully saturated rings. The number of aromatic nitrogens is 4. The molecule has 40 heavy (non-hydrogen) atoms. The molecule has 5 rings (SSSR count). The third-order valence-corrected chi connectivity index (χ3v) is 7.62. The van der Waals surface area contributed by atoms with E-state index in [9.17, 15) is 19.5 Å². The van der Waals surface area contributed by atoms with E-state index in [0.717, 1.165) is 11.0 Å². The van der Waals surface area contributed by atoms with Crippen LogP contribution in [-0.4, -0.2) is 109 Å². The third-order valence-electron chi connectivity index (χ3n) is 7.62. The van der Waals surface area contributed by atoms with Crippen molar-refractivity contribution in [1.82, 2.24) is 33.8 Å². The number of imidazole rings is 2. The number of carbonyl (C=O) groups is 3. The van der Waals surface area contributed by atoms with Crippen molar-refractivity contribution in [2.75, 3.05) is 45.9 Å². The van der Waals surface area contributed by atoms with Gasteiger partial charge in [0.25, 0.3) is 5.91 Å². The molecule has 1 aromatic carbocycles.